The first-order valence-electron chi connectivity index (χ1n) is 6.07. The van der Waals surface area contributed by atoms with Crippen LogP contribution in [0, 0.1) is 0 Å². The predicted molar refractivity (Wildman–Crippen MR) is 62.1 cm³/mol. The number of unbranched alkanes of at least 4 members (excludes halogenated alkanes) is 4. The van der Waals surface area contributed by atoms with Crippen LogP contribution in [-0.4, -0.2) is 44.2 Å². The van der Waals surface area contributed by atoms with Crippen LogP contribution < -0.4 is 56.5 Å². The zero-order chi connectivity index (χ0) is 12.2. The van der Waals surface area contributed by atoms with Crippen LogP contribution in [-0.2, 0) is 9.53 Å². The van der Waals surface area contributed by atoms with Gasteiger partial charge in [-0.15, -0.1) is 6.61 Å². The summed E-state index contributed by atoms with van der Waals surface area (Å²) in [4.78, 5) is 12.7. The molecule has 5 heteroatoms. The normalized spacial score (nSPS) is 10.1. The van der Waals surface area contributed by atoms with E-state index in [-0.39, 0.29) is 64.0 Å². The average Bonchev–Trinajstić information content (AvgIpc) is 2.22. The first-order chi connectivity index (χ1) is 7.66. The second-order valence-corrected chi connectivity index (χ2v) is 4.12. The number of esters is 1. The molecule has 0 saturated heterocycles. The zero-order valence-corrected chi connectivity index (χ0v) is 14.7. The number of hydrogen-bond donors (Lipinski definition) is 0. The topological polar surface area (TPSA) is 52.6 Å². The summed E-state index contributed by atoms with van der Waals surface area (Å²) in [6.07, 6.45) is 5.34. The van der Waals surface area contributed by atoms with Crippen molar-refractivity contribution in [3.63, 3.8) is 0 Å². The maximum atomic E-state index is 10.5. The molecule has 0 saturated carbocycles. The van der Waals surface area contributed by atoms with Gasteiger partial charge in [0.2, 0.25) is 0 Å². The quantitative estimate of drug-likeness (QED) is 0.256. The SMILES string of the molecule is CC(=O)OCCN(C)CCCCCCC[O-].[K+]. The van der Waals surface area contributed by atoms with Gasteiger partial charge in [0.15, 0.2) is 0 Å². The standard InChI is InChI=1S/C12H24NO3.K/c1-12(15)16-11-9-13(2)8-6-4-3-5-7-10-14;/h3-11H2,1-2H3;/q-1;+1. The molecule has 0 unspecified atom stereocenters. The van der Waals surface area contributed by atoms with Crippen molar-refractivity contribution in [2.75, 3.05) is 33.4 Å². The Morgan fingerprint density at radius 3 is 2.29 bits per heavy atom. The van der Waals surface area contributed by atoms with Crippen molar-refractivity contribution in [3.05, 3.63) is 0 Å². The Morgan fingerprint density at radius 1 is 1.12 bits per heavy atom. The molecule has 17 heavy (non-hydrogen) atoms. The van der Waals surface area contributed by atoms with E-state index in [1.165, 1.54) is 13.3 Å². The zero-order valence-electron chi connectivity index (χ0n) is 11.5. The van der Waals surface area contributed by atoms with Crippen molar-refractivity contribution in [2.24, 2.45) is 0 Å². The van der Waals surface area contributed by atoms with Gasteiger partial charge in [0.05, 0.1) is 0 Å². The van der Waals surface area contributed by atoms with Gasteiger partial charge in [0.25, 0.3) is 0 Å². The Kier molecular flexibility index (Phi) is 18.1. The van der Waals surface area contributed by atoms with Crippen molar-refractivity contribution >= 4 is 5.97 Å². The van der Waals surface area contributed by atoms with E-state index < -0.39 is 0 Å². The van der Waals surface area contributed by atoms with E-state index in [1.54, 1.807) is 0 Å². The molecule has 0 aliphatic heterocycles. The van der Waals surface area contributed by atoms with Gasteiger partial charge < -0.3 is 14.7 Å². The van der Waals surface area contributed by atoms with Crippen LogP contribution in [0.3, 0.4) is 0 Å². The summed E-state index contributed by atoms with van der Waals surface area (Å²) < 4.78 is 4.86. The molecule has 0 heterocycles. The molecule has 0 aromatic heterocycles. The molecule has 0 aromatic rings. The van der Waals surface area contributed by atoms with Crippen molar-refractivity contribution in [3.8, 4) is 0 Å². The van der Waals surface area contributed by atoms with Crippen molar-refractivity contribution in [1.29, 1.82) is 0 Å². The third kappa shape index (κ3) is 17.0. The van der Waals surface area contributed by atoms with Crippen LogP contribution in [0.1, 0.15) is 39.0 Å². The van der Waals surface area contributed by atoms with E-state index in [9.17, 15) is 9.90 Å². The Balaban J connectivity index is 0. The molecule has 0 aromatic carbocycles. The minimum absolute atomic E-state index is 0. The van der Waals surface area contributed by atoms with Gasteiger partial charge in [-0.3, -0.25) is 4.79 Å². The van der Waals surface area contributed by atoms with E-state index in [4.69, 9.17) is 4.74 Å². The number of rotatable bonds is 10. The molecule has 0 N–H and O–H groups in total. The van der Waals surface area contributed by atoms with Gasteiger partial charge in [-0.25, -0.2) is 0 Å². The van der Waals surface area contributed by atoms with Crippen LogP contribution in [0.5, 0.6) is 0 Å². The molecule has 0 aliphatic rings. The van der Waals surface area contributed by atoms with Gasteiger partial charge in [-0.1, -0.05) is 25.7 Å². The van der Waals surface area contributed by atoms with E-state index in [2.05, 4.69) is 4.90 Å². The van der Waals surface area contributed by atoms with Crippen molar-refractivity contribution in [1.82, 2.24) is 4.90 Å². The fraction of sp³-hybridized carbons (Fsp3) is 0.917. The number of nitrogens with zero attached hydrogens (tertiary/aromatic N) is 1. The Morgan fingerprint density at radius 2 is 1.71 bits per heavy atom. The number of carbonyl (C=O) groups excluding carboxylic acids is 1. The number of hydrogen-bond acceptors (Lipinski definition) is 4. The summed E-state index contributed by atoms with van der Waals surface area (Å²) in [7, 11) is 2.03. The maximum Gasteiger partial charge on any atom is 1.00 e. The molecule has 0 amide bonds. The second-order valence-electron chi connectivity index (χ2n) is 4.12. The molecule has 96 valence electrons. The fourth-order valence-corrected chi connectivity index (χ4v) is 1.47. The van der Waals surface area contributed by atoms with Crippen molar-refractivity contribution in [2.45, 2.75) is 39.0 Å². The Labute approximate surface area is 148 Å². The van der Waals surface area contributed by atoms with Crippen LogP contribution in [0.2, 0.25) is 0 Å². The van der Waals surface area contributed by atoms with E-state index >= 15 is 0 Å². The first-order valence-corrected chi connectivity index (χ1v) is 6.07. The third-order valence-electron chi connectivity index (χ3n) is 2.46. The monoisotopic (exact) mass is 269 g/mol. The van der Waals surface area contributed by atoms with Crippen LogP contribution in [0.15, 0.2) is 0 Å². The van der Waals surface area contributed by atoms with Crippen LogP contribution in [0.25, 0.3) is 0 Å². The largest absolute Gasteiger partial charge is 1.00 e. The number of likely N-dealkylation sites (N-methyl/N-ethyl adjacent to an activating group) is 1. The smallest absolute Gasteiger partial charge is 0.854 e. The average molecular weight is 269 g/mol. The van der Waals surface area contributed by atoms with Crippen molar-refractivity contribution < 1.29 is 66.0 Å². The molecule has 0 rings (SSSR count). The van der Waals surface area contributed by atoms with Gasteiger partial charge >= 0.3 is 57.4 Å². The molecular formula is C12H24KNO3. The number of carbonyl (C=O) groups is 1. The molecule has 4 nitrogen and oxygen atoms in total. The maximum absolute atomic E-state index is 10.5. The summed E-state index contributed by atoms with van der Waals surface area (Å²) >= 11 is 0. The summed E-state index contributed by atoms with van der Waals surface area (Å²) in [5.74, 6) is -0.217. The van der Waals surface area contributed by atoms with E-state index in [1.807, 2.05) is 7.05 Å². The first kappa shape index (κ1) is 20.3. The molecule has 0 atom stereocenters. The Bertz CT molecular complexity index is 179. The van der Waals surface area contributed by atoms with Gasteiger partial charge in [0.1, 0.15) is 6.61 Å². The predicted octanol–water partition coefficient (Wildman–Crippen LogP) is -2.20. The van der Waals surface area contributed by atoms with E-state index in [0.717, 1.165) is 38.8 Å². The fourth-order valence-electron chi connectivity index (χ4n) is 1.47. The minimum Gasteiger partial charge on any atom is -0.854 e. The summed E-state index contributed by atoms with van der Waals surface area (Å²) in [6, 6.07) is 0. The Hall–Kier alpha value is 1.03. The summed E-state index contributed by atoms with van der Waals surface area (Å²) in [6.45, 7) is 3.78. The van der Waals surface area contributed by atoms with Gasteiger partial charge in [-0.05, 0) is 20.0 Å². The molecule has 0 radical (unpaired) electrons. The molecule has 0 fully saturated rings. The molecule has 0 spiro atoms. The second kappa shape index (κ2) is 15.1. The van der Waals surface area contributed by atoms with Gasteiger partial charge in [0, 0.05) is 13.5 Å². The van der Waals surface area contributed by atoms with Gasteiger partial charge in [-0.2, -0.15) is 0 Å². The van der Waals surface area contributed by atoms with E-state index in [0.29, 0.717) is 6.61 Å². The summed E-state index contributed by atoms with van der Waals surface area (Å²) in [5, 5.41) is 10.2. The molecule has 0 aliphatic carbocycles. The summed E-state index contributed by atoms with van der Waals surface area (Å²) in [5.41, 5.74) is 0. The van der Waals surface area contributed by atoms with Crippen LogP contribution in [0.4, 0.5) is 0 Å². The minimum atomic E-state index is -0.217. The number of ether oxygens (including phenoxy) is 1. The third-order valence-corrected chi connectivity index (χ3v) is 2.46. The van der Waals surface area contributed by atoms with Crippen LogP contribution >= 0.6 is 0 Å². The molecular weight excluding hydrogens is 245 g/mol. The molecule has 0 bridgehead atoms.